The molecule has 3 N–H and O–H groups in total. The van der Waals surface area contributed by atoms with Crippen molar-refractivity contribution in [2.45, 2.75) is 26.4 Å². The first-order valence-electron chi connectivity index (χ1n) is 11.1. The summed E-state index contributed by atoms with van der Waals surface area (Å²) in [4.78, 5) is 10.2. The summed E-state index contributed by atoms with van der Waals surface area (Å²) in [6, 6.07) is 15.4. The molecule has 7 heteroatoms. The van der Waals surface area contributed by atoms with Gasteiger partial charge in [0.05, 0.1) is 13.2 Å². The van der Waals surface area contributed by atoms with E-state index in [9.17, 15) is 0 Å². The first-order valence-corrected chi connectivity index (χ1v) is 11.1. The molecule has 1 aliphatic heterocycles. The number of hydrogen-bond donors (Lipinski definition) is 3. The first-order chi connectivity index (χ1) is 15.2. The molecule has 1 fully saturated rings. The number of H-pyrrole nitrogens is 1. The van der Waals surface area contributed by atoms with Crippen molar-refractivity contribution < 1.29 is 4.74 Å². The van der Waals surface area contributed by atoms with Crippen LogP contribution in [0.2, 0.25) is 0 Å². The number of guanidine groups is 1. The van der Waals surface area contributed by atoms with Gasteiger partial charge < -0.3 is 20.4 Å². The molecule has 0 atom stereocenters. The Balaban J connectivity index is 0.00000289. The van der Waals surface area contributed by atoms with Gasteiger partial charge in [0.15, 0.2) is 5.96 Å². The second-order valence-electron chi connectivity index (χ2n) is 8.17. The van der Waals surface area contributed by atoms with Crippen molar-refractivity contribution in [1.82, 2.24) is 20.5 Å². The maximum absolute atomic E-state index is 5.42. The topological polar surface area (TPSA) is 64.7 Å². The van der Waals surface area contributed by atoms with E-state index >= 15 is 0 Å². The molecular formula is C25H34IN5O. The Labute approximate surface area is 207 Å². The number of ether oxygens (including phenoxy) is 1. The van der Waals surface area contributed by atoms with Gasteiger partial charge in [0.25, 0.3) is 0 Å². The normalized spacial score (nSPS) is 14.9. The molecule has 0 bridgehead atoms. The number of nitrogens with one attached hydrogen (secondary N) is 3. The van der Waals surface area contributed by atoms with E-state index in [4.69, 9.17) is 4.74 Å². The molecule has 2 heterocycles. The predicted octanol–water partition coefficient (Wildman–Crippen LogP) is 3.83. The van der Waals surface area contributed by atoms with E-state index in [0.717, 1.165) is 58.3 Å². The van der Waals surface area contributed by atoms with E-state index in [1.54, 1.807) is 0 Å². The van der Waals surface area contributed by atoms with Gasteiger partial charge in [-0.2, -0.15) is 0 Å². The minimum Gasteiger partial charge on any atom is -0.379 e. The molecule has 1 saturated heterocycles. The zero-order valence-electron chi connectivity index (χ0n) is 19.0. The van der Waals surface area contributed by atoms with Crippen molar-refractivity contribution >= 4 is 40.8 Å². The largest absolute Gasteiger partial charge is 0.379 e. The molecule has 0 unspecified atom stereocenters. The Morgan fingerprint density at radius 2 is 1.81 bits per heavy atom. The number of aryl methyl sites for hydroxylation is 1. The van der Waals surface area contributed by atoms with Crippen LogP contribution in [0.5, 0.6) is 0 Å². The van der Waals surface area contributed by atoms with Crippen molar-refractivity contribution in [3.05, 3.63) is 70.9 Å². The summed E-state index contributed by atoms with van der Waals surface area (Å²) in [6.45, 7) is 8.42. The highest BCUT2D eigenvalue weighted by atomic mass is 127. The number of morpholine rings is 1. The fourth-order valence-corrected chi connectivity index (χ4v) is 4.01. The van der Waals surface area contributed by atoms with Crippen LogP contribution in [-0.4, -0.2) is 55.7 Å². The monoisotopic (exact) mass is 547 g/mol. The van der Waals surface area contributed by atoms with Crippen LogP contribution in [0.1, 0.15) is 22.3 Å². The molecule has 32 heavy (non-hydrogen) atoms. The number of fused-ring (bicyclic) bond motifs is 1. The summed E-state index contributed by atoms with van der Waals surface area (Å²) in [5, 5.41) is 8.14. The van der Waals surface area contributed by atoms with Crippen molar-refractivity contribution in [3.63, 3.8) is 0 Å². The van der Waals surface area contributed by atoms with Gasteiger partial charge in [0.1, 0.15) is 0 Å². The highest BCUT2D eigenvalue weighted by Crippen LogP contribution is 2.19. The Morgan fingerprint density at radius 1 is 1.06 bits per heavy atom. The molecule has 0 aliphatic carbocycles. The lowest BCUT2D eigenvalue weighted by molar-refractivity contribution is 0.0342. The van der Waals surface area contributed by atoms with E-state index in [1.165, 1.54) is 33.2 Å². The van der Waals surface area contributed by atoms with E-state index in [2.05, 4.69) is 81.1 Å². The number of nitrogens with zero attached hydrogens (tertiary/aromatic N) is 2. The summed E-state index contributed by atoms with van der Waals surface area (Å²) in [7, 11) is 1.81. The van der Waals surface area contributed by atoms with E-state index in [0.29, 0.717) is 0 Å². The fraction of sp³-hybridized carbons (Fsp3) is 0.400. The molecule has 2 aromatic carbocycles. The smallest absolute Gasteiger partial charge is 0.191 e. The SMILES string of the molecule is CN=C(NCCc1c[nH]c2cc(C)ccc12)NCc1ccc(CN2CCOCC2)cc1.I. The highest BCUT2D eigenvalue weighted by Gasteiger charge is 2.10. The molecule has 1 aromatic heterocycles. The first kappa shape index (κ1) is 24.5. The third kappa shape index (κ3) is 6.70. The molecule has 172 valence electrons. The molecule has 0 spiro atoms. The Morgan fingerprint density at radius 3 is 2.56 bits per heavy atom. The van der Waals surface area contributed by atoms with Crippen molar-refractivity contribution in [3.8, 4) is 0 Å². The summed E-state index contributed by atoms with van der Waals surface area (Å²) in [5.74, 6) is 0.827. The average molecular weight is 547 g/mol. The van der Waals surface area contributed by atoms with Crippen LogP contribution in [0, 0.1) is 6.92 Å². The maximum Gasteiger partial charge on any atom is 0.191 e. The zero-order valence-corrected chi connectivity index (χ0v) is 21.3. The minimum atomic E-state index is 0. The van der Waals surface area contributed by atoms with Crippen LogP contribution in [0.15, 0.2) is 53.7 Å². The van der Waals surface area contributed by atoms with Gasteiger partial charge in [-0.1, -0.05) is 36.4 Å². The van der Waals surface area contributed by atoms with Crippen LogP contribution in [0.25, 0.3) is 10.9 Å². The van der Waals surface area contributed by atoms with E-state index in [1.807, 2.05) is 7.05 Å². The molecule has 0 saturated carbocycles. The number of aromatic nitrogens is 1. The van der Waals surface area contributed by atoms with E-state index < -0.39 is 0 Å². The zero-order chi connectivity index (χ0) is 21.5. The number of halogens is 1. The number of hydrogen-bond acceptors (Lipinski definition) is 3. The molecule has 3 aromatic rings. The Hall–Kier alpha value is -2.10. The Bertz CT molecular complexity index is 1010. The van der Waals surface area contributed by atoms with Gasteiger partial charge in [-0.25, -0.2) is 0 Å². The second kappa shape index (κ2) is 12.2. The predicted molar refractivity (Wildman–Crippen MR) is 143 cm³/mol. The summed E-state index contributed by atoms with van der Waals surface area (Å²) in [5.41, 5.74) is 6.41. The molecule has 6 nitrogen and oxygen atoms in total. The summed E-state index contributed by atoms with van der Waals surface area (Å²) in [6.07, 6.45) is 3.06. The van der Waals surface area contributed by atoms with Crippen molar-refractivity contribution in [2.75, 3.05) is 39.9 Å². The number of aliphatic imine (C=N–C) groups is 1. The lowest BCUT2D eigenvalue weighted by atomic mass is 10.1. The fourth-order valence-electron chi connectivity index (χ4n) is 4.01. The van der Waals surface area contributed by atoms with Crippen LogP contribution < -0.4 is 10.6 Å². The van der Waals surface area contributed by atoms with Crippen molar-refractivity contribution in [2.24, 2.45) is 4.99 Å². The molecule has 0 radical (unpaired) electrons. The third-order valence-corrected chi connectivity index (χ3v) is 5.83. The third-order valence-electron chi connectivity index (χ3n) is 5.83. The standard InChI is InChI=1S/C25H33N5O.HI/c1-19-3-8-23-22(17-28-24(23)15-19)9-10-27-25(26-2)29-16-20-4-6-21(7-5-20)18-30-11-13-31-14-12-30;/h3-8,15,17,28H,9-14,16,18H2,1-2H3,(H2,26,27,29);1H. The number of benzene rings is 2. The van der Waals surface area contributed by atoms with Crippen LogP contribution in [0.4, 0.5) is 0 Å². The molecule has 0 amide bonds. The van der Waals surface area contributed by atoms with Gasteiger partial charge in [-0.05, 0) is 41.7 Å². The second-order valence-corrected chi connectivity index (χ2v) is 8.17. The van der Waals surface area contributed by atoms with Crippen LogP contribution in [-0.2, 0) is 24.2 Å². The van der Waals surface area contributed by atoms with Gasteiger partial charge in [0, 0.05) is 56.9 Å². The minimum absolute atomic E-state index is 0. The maximum atomic E-state index is 5.42. The number of aromatic amines is 1. The lowest BCUT2D eigenvalue weighted by Crippen LogP contribution is -2.37. The van der Waals surface area contributed by atoms with Crippen LogP contribution >= 0.6 is 24.0 Å². The van der Waals surface area contributed by atoms with E-state index in [-0.39, 0.29) is 24.0 Å². The highest BCUT2D eigenvalue weighted by molar-refractivity contribution is 14.0. The molecular weight excluding hydrogens is 513 g/mol. The molecule has 1 aliphatic rings. The van der Waals surface area contributed by atoms with Gasteiger partial charge in [-0.3, -0.25) is 9.89 Å². The quantitative estimate of drug-likeness (QED) is 0.239. The average Bonchev–Trinajstić information content (AvgIpc) is 3.19. The lowest BCUT2D eigenvalue weighted by Gasteiger charge is -2.26. The van der Waals surface area contributed by atoms with Gasteiger partial charge in [0.2, 0.25) is 0 Å². The Kier molecular flexibility index (Phi) is 9.37. The van der Waals surface area contributed by atoms with Gasteiger partial charge in [-0.15, -0.1) is 24.0 Å². The van der Waals surface area contributed by atoms with Crippen molar-refractivity contribution in [1.29, 1.82) is 0 Å². The summed E-state index contributed by atoms with van der Waals surface area (Å²) < 4.78 is 5.42. The molecule has 4 rings (SSSR count). The van der Waals surface area contributed by atoms with Crippen LogP contribution in [0.3, 0.4) is 0 Å². The number of rotatable bonds is 7. The summed E-state index contributed by atoms with van der Waals surface area (Å²) >= 11 is 0. The van der Waals surface area contributed by atoms with Gasteiger partial charge >= 0.3 is 0 Å².